The van der Waals surface area contributed by atoms with Crippen molar-refractivity contribution in [1.82, 2.24) is 19.7 Å². The Bertz CT molecular complexity index is 637. The Balaban J connectivity index is 2.26. The van der Waals surface area contributed by atoms with E-state index in [0.29, 0.717) is 30.4 Å². The molecule has 0 aliphatic rings. The first-order valence-corrected chi connectivity index (χ1v) is 6.27. The van der Waals surface area contributed by atoms with Crippen LogP contribution in [0, 0.1) is 24.0 Å². The van der Waals surface area contributed by atoms with Gasteiger partial charge in [-0.2, -0.15) is 5.10 Å². The summed E-state index contributed by atoms with van der Waals surface area (Å²) in [6.07, 6.45) is 1.66. The van der Waals surface area contributed by atoms with Gasteiger partial charge >= 0.3 is 5.69 Å². The Hall–Kier alpha value is -2.51. The van der Waals surface area contributed by atoms with Crippen LogP contribution in [0.4, 0.5) is 11.5 Å². The summed E-state index contributed by atoms with van der Waals surface area (Å²) in [6, 6.07) is 1.77. The third-order valence-corrected chi connectivity index (χ3v) is 2.85. The van der Waals surface area contributed by atoms with Crippen molar-refractivity contribution < 1.29 is 4.92 Å². The van der Waals surface area contributed by atoms with Crippen LogP contribution in [0.25, 0.3) is 0 Å². The molecule has 106 valence electrons. The second-order valence-corrected chi connectivity index (χ2v) is 4.30. The van der Waals surface area contributed by atoms with Crippen molar-refractivity contribution in [2.75, 3.05) is 5.32 Å². The summed E-state index contributed by atoms with van der Waals surface area (Å²) in [5.74, 6) is 1.07. The average Bonchev–Trinajstić information content (AvgIpc) is 2.72. The van der Waals surface area contributed by atoms with E-state index in [1.807, 2.05) is 6.92 Å². The highest BCUT2D eigenvalue weighted by molar-refractivity contribution is 5.59. The predicted molar refractivity (Wildman–Crippen MR) is 73.4 cm³/mol. The number of nitrogens with one attached hydrogen (secondary N) is 1. The van der Waals surface area contributed by atoms with Gasteiger partial charge in [-0.25, -0.2) is 14.6 Å². The molecular weight excluding hydrogens is 260 g/mol. The van der Waals surface area contributed by atoms with E-state index >= 15 is 0 Å². The molecule has 0 radical (unpaired) electrons. The van der Waals surface area contributed by atoms with Gasteiger partial charge in [0.15, 0.2) is 0 Å². The standard InChI is InChI=1S/C12H16N6O2/c1-4-17-12(11(18(19)20)8(2)16-17)14-7-10-5-6-13-9(3)15-10/h5-6,14H,4,7H2,1-3H3. The molecule has 0 spiro atoms. The van der Waals surface area contributed by atoms with Crippen molar-refractivity contribution in [2.45, 2.75) is 33.9 Å². The maximum absolute atomic E-state index is 11.1. The Morgan fingerprint density at radius 1 is 1.45 bits per heavy atom. The molecule has 2 aromatic heterocycles. The van der Waals surface area contributed by atoms with Crippen LogP contribution in [0.1, 0.15) is 24.1 Å². The Morgan fingerprint density at radius 2 is 2.20 bits per heavy atom. The molecule has 20 heavy (non-hydrogen) atoms. The maximum atomic E-state index is 11.1. The van der Waals surface area contributed by atoms with Gasteiger partial charge in [-0.1, -0.05) is 0 Å². The molecule has 0 saturated carbocycles. The third kappa shape index (κ3) is 2.73. The van der Waals surface area contributed by atoms with Gasteiger partial charge in [-0.15, -0.1) is 0 Å². The SMILES string of the molecule is CCn1nc(C)c([N+](=O)[O-])c1NCc1ccnc(C)n1. The van der Waals surface area contributed by atoms with Gasteiger partial charge < -0.3 is 5.32 Å². The number of hydrogen-bond donors (Lipinski definition) is 1. The molecule has 8 heteroatoms. The summed E-state index contributed by atoms with van der Waals surface area (Å²) in [5.41, 5.74) is 1.18. The fourth-order valence-corrected chi connectivity index (χ4v) is 1.97. The number of hydrogen-bond acceptors (Lipinski definition) is 6. The Kier molecular flexibility index (Phi) is 3.92. The molecule has 0 unspecified atom stereocenters. The molecule has 0 aliphatic carbocycles. The van der Waals surface area contributed by atoms with Crippen LogP contribution >= 0.6 is 0 Å². The van der Waals surface area contributed by atoms with E-state index in [1.165, 1.54) is 0 Å². The highest BCUT2D eigenvalue weighted by atomic mass is 16.6. The number of aromatic nitrogens is 4. The molecule has 0 saturated heterocycles. The first-order valence-electron chi connectivity index (χ1n) is 6.27. The van der Waals surface area contributed by atoms with Gasteiger partial charge in [-0.05, 0) is 26.8 Å². The summed E-state index contributed by atoms with van der Waals surface area (Å²) in [4.78, 5) is 19.0. The largest absolute Gasteiger partial charge is 0.359 e. The lowest BCUT2D eigenvalue weighted by atomic mass is 10.3. The molecule has 0 bridgehead atoms. The minimum absolute atomic E-state index is 0.0117. The lowest BCUT2D eigenvalue weighted by Gasteiger charge is -2.07. The predicted octanol–water partition coefficient (Wildman–Crippen LogP) is 1.83. The fraction of sp³-hybridized carbons (Fsp3) is 0.417. The first kappa shape index (κ1) is 13.9. The molecule has 0 fully saturated rings. The van der Waals surface area contributed by atoms with Crippen molar-refractivity contribution >= 4 is 11.5 Å². The molecular formula is C12H16N6O2. The number of aryl methyl sites for hydroxylation is 3. The lowest BCUT2D eigenvalue weighted by molar-refractivity contribution is -0.384. The van der Waals surface area contributed by atoms with Crippen LogP contribution in [-0.2, 0) is 13.1 Å². The molecule has 2 aromatic rings. The van der Waals surface area contributed by atoms with Gasteiger partial charge in [0, 0.05) is 12.7 Å². The van der Waals surface area contributed by atoms with Crippen molar-refractivity contribution in [3.05, 3.63) is 39.6 Å². The molecule has 0 atom stereocenters. The minimum Gasteiger partial charge on any atom is -0.359 e. The zero-order valence-electron chi connectivity index (χ0n) is 11.6. The molecule has 1 N–H and O–H groups in total. The maximum Gasteiger partial charge on any atom is 0.333 e. The summed E-state index contributed by atoms with van der Waals surface area (Å²) in [7, 11) is 0. The average molecular weight is 276 g/mol. The quantitative estimate of drug-likeness (QED) is 0.660. The summed E-state index contributed by atoms with van der Waals surface area (Å²) < 4.78 is 1.58. The van der Waals surface area contributed by atoms with Crippen LogP contribution in [0.3, 0.4) is 0 Å². The summed E-state index contributed by atoms with van der Waals surface area (Å²) >= 11 is 0. The first-order chi connectivity index (χ1) is 9.52. The molecule has 0 aliphatic heterocycles. The van der Waals surface area contributed by atoms with E-state index in [9.17, 15) is 10.1 Å². The normalized spacial score (nSPS) is 10.6. The molecule has 8 nitrogen and oxygen atoms in total. The number of anilines is 1. The van der Waals surface area contributed by atoms with Crippen LogP contribution in [0.2, 0.25) is 0 Å². The van der Waals surface area contributed by atoms with Crippen LogP contribution in [0.5, 0.6) is 0 Å². The van der Waals surface area contributed by atoms with E-state index in [-0.39, 0.29) is 5.69 Å². The smallest absolute Gasteiger partial charge is 0.333 e. The number of rotatable bonds is 5. The van der Waals surface area contributed by atoms with E-state index < -0.39 is 4.92 Å². The third-order valence-electron chi connectivity index (χ3n) is 2.85. The molecule has 2 heterocycles. The van der Waals surface area contributed by atoms with E-state index in [4.69, 9.17) is 0 Å². The Morgan fingerprint density at radius 3 is 2.80 bits per heavy atom. The fourth-order valence-electron chi connectivity index (χ4n) is 1.97. The van der Waals surface area contributed by atoms with Gasteiger partial charge in [0.25, 0.3) is 0 Å². The van der Waals surface area contributed by atoms with E-state index in [1.54, 1.807) is 30.8 Å². The lowest BCUT2D eigenvalue weighted by Crippen LogP contribution is -2.09. The van der Waals surface area contributed by atoms with Gasteiger partial charge in [0.2, 0.25) is 5.82 Å². The topological polar surface area (TPSA) is 98.8 Å². The zero-order valence-corrected chi connectivity index (χ0v) is 11.6. The van der Waals surface area contributed by atoms with Crippen LogP contribution in [0.15, 0.2) is 12.3 Å². The zero-order chi connectivity index (χ0) is 14.7. The minimum atomic E-state index is -0.415. The molecule has 0 amide bonds. The monoisotopic (exact) mass is 276 g/mol. The van der Waals surface area contributed by atoms with E-state index in [0.717, 1.165) is 5.69 Å². The second-order valence-electron chi connectivity index (χ2n) is 4.30. The number of nitro groups is 1. The summed E-state index contributed by atoms with van der Waals surface area (Å²) in [5, 5.41) is 18.3. The second kappa shape index (κ2) is 5.64. The molecule has 2 rings (SSSR count). The number of nitrogens with zero attached hydrogens (tertiary/aromatic N) is 5. The van der Waals surface area contributed by atoms with Gasteiger partial charge in [0.05, 0.1) is 17.2 Å². The van der Waals surface area contributed by atoms with Crippen molar-refractivity contribution in [3.63, 3.8) is 0 Å². The highest BCUT2D eigenvalue weighted by Gasteiger charge is 2.24. The Labute approximate surface area is 116 Å². The van der Waals surface area contributed by atoms with Crippen molar-refractivity contribution in [2.24, 2.45) is 0 Å². The van der Waals surface area contributed by atoms with Gasteiger partial charge in [0.1, 0.15) is 11.5 Å². The van der Waals surface area contributed by atoms with Crippen LogP contribution in [-0.4, -0.2) is 24.7 Å². The molecule has 0 aromatic carbocycles. The highest BCUT2D eigenvalue weighted by Crippen LogP contribution is 2.28. The van der Waals surface area contributed by atoms with Gasteiger partial charge in [-0.3, -0.25) is 10.1 Å². The van der Waals surface area contributed by atoms with Crippen molar-refractivity contribution in [3.8, 4) is 0 Å². The van der Waals surface area contributed by atoms with Crippen molar-refractivity contribution in [1.29, 1.82) is 0 Å². The summed E-state index contributed by atoms with van der Waals surface area (Å²) in [6.45, 7) is 6.25. The van der Waals surface area contributed by atoms with Crippen LogP contribution < -0.4 is 5.32 Å². The van der Waals surface area contributed by atoms with E-state index in [2.05, 4.69) is 20.4 Å².